The molecule has 0 saturated carbocycles. The fourth-order valence-corrected chi connectivity index (χ4v) is 1.74. The van der Waals surface area contributed by atoms with Crippen molar-refractivity contribution in [2.75, 3.05) is 0 Å². The summed E-state index contributed by atoms with van der Waals surface area (Å²) in [7, 11) is 5.50. The first-order chi connectivity index (χ1) is 8.20. The second-order valence-corrected chi connectivity index (χ2v) is 4.21. The Morgan fingerprint density at radius 2 is 1.12 bits per heavy atom. The lowest BCUT2D eigenvalue weighted by Gasteiger charge is -2.07. The molecular weight excluding hydrogens is 205 g/mol. The van der Waals surface area contributed by atoms with E-state index in [2.05, 4.69) is 43.0 Å². The molecule has 0 N–H and O–H groups in total. The van der Waals surface area contributed by atoms with Crippen molar-refractivity contribution in [3.8, 4) is 0 Å². The van der Waals surface area contributed by atoms with Crippen molar-refractivity contribution in [2.45, 2.75) is 13.8 Å². The van der Waals surface area contributed by atoms with Gasteiger partial charge in [0.25, 0.3) is 7.98 Å². The fourth-order valence-electron chi connectivity index (χ4n) is 1.74. The summed E-state index contributed by atoms with van der Waals surface area (Å²) < 4.78 is 0. The van der Waals surface area contributed by atoms with E-state index in [4.69, 9.17) is 7.98 Å². The first-order valence-electron chi connectivity index (χ1n) is 5.62. The van der Waals surface area contributed by atoms with Crippen LogP contribution in [0.4, 0.5) is 0 Å². The number of nitrogens with zero attached hydrogens (tertiary/aromatic N) is 1. The van der Waals surface area contributed by atoms with Crippen LogP contribution >= 0.6 is 0 Å². The highest BCUT2D eigenvalue weighted by Gasteiger charge is 2.04. The van der Waals surface area contributed by atoms with Gasteiger partial charge in [0.15, 0.2) is 0 Å². The summed E-state index contributed by atoms with van der Waals surface area (Å²) in [5.41, 5.74) is 5.37. The van der Waals surface area contributed by atoms with E-state index in [1.54, 1.807) is 0 Å². The van der Waals surface area contributed by atoms with Crippen molar-refractivity contribution in [2.24, 2.45) is 4.90 Å². The maximum absolute atomic E-state index is 5.50. The van der Waals surface area contributed by atoms with Gasteiger partial charge in [-0.15, -0.1) is 0 Å². The molecule has 0 spiro atoms. The van der Waals surface area contributed by atoms with Gasteiger partial charge < -0.3 is 4.90 Å². The molecule has 2 rings (SSSR count). The van der Waals surface area contributed by atoms with Gasteiger partial charge in [-0.3, -0.25) is 0 Å². The molecule has 2 aromatic carbocycles. The van der Waals surface area contributed by atoms with Crippen molar-refractivity contribution in [3.63, 3.8) is 0 Å². The van der Waals surface area contributed by atoms with E-state index in [0.29, 0.717) is 0 Å². The molecule has 2 aromatic rings. The summed E-state index contributed by atoms with van der Waals surface area (Å²) in [5.74, 6) is 0. The van der Waals surface area contributed by atoms with Crippen molar-refractivity contribution in [1.82, 2.24) is 0 Å². The maximum Gasteiger partial charge on any atom is 0.260 e. The van der Waals surface area contributed by atoms with Gasteiger partial charge in [0, 0.05) is 0 Å². The molecule has 0 fully saturated rings. The molecule has 82 valence electrons. The normalized spacial score (nSPS) is 10.0. The van der Waals surface area contributed by atoms with Crippen molar-refractivity contribution in [3.05, 3.63) is 70.8 Å². The summed E-state index contributed by atoms with van der Waals surface area (Å²) in [6.45, 7) is 4.13. The van der Waals surface area contributed by atoms with Crippen LogP contribution in [0.5, 0.6) is 0 Å². The van der Waals surface area contributed by atoms with Crippen LogP contribution in [0.1, 0.15) is 22.3 Å². The minimum atomic E-state index is 0.824. The molecule has 0 aliphatic carbocycles. The zero-order valence-corrected chi connectivity index (χ0v) is 10.1. The van der Waals surface area contributed by atoms with Crippen molar-refractivity contribution < 1.29 is 0 Å². The molecule has 2 heteroatoms. The summed E-state index contributed by atoms with van der Waals surface area (Å²) in [4.78, 5) is 3.90. The Morgan fingerprint density at radius 1 is 0.765 bits per heavy atom. The number of benzene rings is 2. The zero-order valence-electron chi connectivity index (χ0n) is 10.1. The fraction of sp³-hybridized carbons (Fsp3) is 0.133. The summed E-state index contributed by atoms with van der Waals surface area (Å²) in [6.07, 6.45) is 0. The van der Waals surface area contributed by atoms with Crippen LogP contribution in [-0.2, 0) is 0 Å². The SMILES string of the molecule is [B]N=C(c1ccc(C)cc1)c1ccc(C)cc1. The van der Waals surface area contributed by atoms with Gasteiger partial charge in [-0.25, -0.2) is 0 Å². The Kier molecular flexibility index (Phi) is 3.43. The minimum absolute atomic E-state index is 0.824. The average molecular weight is 219 g/mol. The Morgan fingerprint density at radius 3 is 1.41 bits per heavy atom. The molecule has 2 radical (unpaired) electrons. The molecule has 0 aromatic heterocycles. The molecule has 0 saturated heterocycles. The Bertz CT molecular complexity index is 476. The van der Waals surface area contributed by atoms with E-state index in [9.17, 15) is 0 Å². The van der Waals surface area contributed by atoms with Crippen molar-refractivity contribution in [1.29, 1.82) is 0 Å². The lowest BCUT2D eigenvalue weighted by Crippen LogP contribution is -2.03. The predicted octanol–water partition coefficient (Wildman–Crippen LogP) is 3.22. The van der Waals surface area contributed by atoms with Crippen LogP contribution in [0.3, 0.4) is 0 Å². The van der Waals surface area contributed by atoms with Crippen LogP contribution in [-0.4, -0.2) is 13.7 Å². The Hall–Kier alpha value is -1.83. The van der Waals surface area contributed by atoms with E-state index in [0.717, 1.165) is 16.8 Å². The lowest BCUT2D eigenvalue weighted by molar-refractivity contribution is 1.44. The largest absolute Gasteiger partial charge is 0.356 e. The topological polar surface area (TPSA) is 12.4 Å². The van der Waals surface area contributed by atoms with Gasteiger partial charge in [-0.1, -0.05) is 59.7 Å². The van der Waals surface area contributed by atoms with Crippen LogP contribution in [0.2, 0.25) is 0 Å². The third-order valence-electron chi connectivity index (χ3n) is 2.78. The molecule has 17 heavy (non-hydrogen) atoms. The second-order valence-electron chi connectivity index (χ2n) is 4.21. The molecule has 0 amide bonds. The molecule has 0 bridgehead atoms. The Balaban J connectivity index is 2.41. The van der Waals surface area contributed by atoms with Crippen LogP contribution in [0.25, 0.3) is 0 Å². The minimum Gasteiger partial charge on any atom is -0.356 e. The Labute approximate surface area is 104 Å². The van der Waals surface area contributed by atoms with Crippen LogP contribution in [0.15, 0.2) is 53.4 Å². The zero-order chi connectivity index (χ0) is 12.3. The lowest BCUT2D eigenvalue weighted by atomic mass is 9.99. The standard InChI is InChI=1S/C15H14BN/c1-11-3-7-13(8-4-11)15(17-16)14-9-5-12(2)6-10-14/h3-10H,1-2H3. The number of hydrogen-bond donors (Lipinski definition) is 0. The highest BCUT2D eigenvalue weighted by atomic mass is 14.6. The third kappa shape index (κ3) is 2.65. The third-order valence-corrected chi connectivity index (χ3v) is 2.78. The summed E-state index contributed by atoms with van der Waals surface area (Å²) in [6, 6.07) is 16.4. The van der Waals surface area contributed by atoms with Gasteiger partial charge in [-0.05, 0) is 25.0 Å². The van der Waals surface area contributed by atoms with Crippen LogP contribution < -0.4 is 0 Å². The van der Waals surface area contributed by atoms with Gasteiger partial charge in [0.2, 0.25) is 0 Å². The average Bonchev–Trinajstić information content (AvgIpc) is 2.35. The van der Waals surface area contributed by atoms with E-state index in [-0.39, 0.29) is 0 Å². The summed E-state index contributed by atoms with van der Waals surface area (Å²) >= 11 is 0. The first-order valence-corrected chi connectivity index (χ1v) is 5.62. The van der Waals surface area contributed by atoms with Gasteiger partial charge in [-0.2, -0.15) is 0 Å². The van der Waals surface area contributed by atoms with E-state index in [1.165, 1.54) is 11.1 Å². The molecule has 0 atom stereocenters. The summed E-state index contributed by atoms with van der Waals surface area (Å²) in [5, 5.41) is 0. The number of hydrogen-bond acceptors (Lipinski definition) is 1. The smallest absolute Gasteiger partial charge is 0.260 e. The highest BCUT2D eigenvalue weighted by Crippen LogP contribution is 2.12. The monoisotopic (exact) mass is 219 g/mol. The second kappa shape index (κ2) is 5.00. The molecule has 0 heterocycles. The highest BCUT2D eigenvalue weighted by molar-refractivity contribution is 6.22. The van der Waals surface area contributed by atoms with Crippen LogP contribution in [0, 0.1) is 13.8 Å². The quantitative estimate of drug-likeness (QED) is 0.543. The van der Waals surface area contributed by atoms with Crippen molar-refractivity contribution >= 4 is 13.7 Å². The molecule has 0 aliphatic heterocycles. The predicted molar refractivity (Wildman–Crippen MR) is 73.8 cm³/mol. The maximum atomic E-state index is 5.50. The molecule has 0 unspecified atom stereocenters. The van der Waals surface area contributed by atoms with E-state index >= 15 is 0 Å². The number of rotatable bonds is 2. The van der Waals surface area contributed by atoms with Gasteiger partial charge in [0.05, 0.1) is 5.71 Å². The van der Waals surface area contributed by atoms with E-state index < -0.39 is 0 Å². The first kappa shape index (κ1) is 11.7. The molecule has 0 aliphatic rings. The van der Waals surface area contributed by atoms with E-state index in [1.807, 2.05) is 24.3 Å². The number of aryl methyl sites for hydroxylation is 2. The van der Waals surface area contributed by atoms with Gasteiger partial charge >= 0.3 is 0 Å². The van der Waals surface area contributed by atoms with Gasteiger partial charge in [0.1, 0.15) is 0 Å². The molecule has 1 nitrogen and oxygen atoms in total. The molecular formula is C15H14BN.